The molecule has 0 aliphatic rings. The summed E-state index contributed by atoms with van der Waals surface area (Å²) in [6, 6.07) is 8.18. The van der Waals surface area contributed by atoms with E-state index < -0.39 is 0 Å². The van der Waals surface area contributed by atoms with Crippen LogP contribution < -0.4 is 10.1 Å². The van der Waals surface area contributed by atoms with Gasteiger partial charge in [-0.25, -0.2) is 0 Å². The summed E-state index contributed by atoms with van der Waals surface area (Å²) in [6.07, 6.45) is 3.96. The zero-order chi connectivity index (χ0) is 10.9. The Kier molecular flexibility index (Phi) is 5.56. The first-order valence-electron chi connectivity index (χ1n) is 5.34. The van der Waals surface area contributed by atoms with Gasteiger partial charge in [0.1, 0.15) is 5.75 Å². The van der Waals surface area contributed by atoms with Crippen molar-refractivity contribution in [3.63, 3.8) is 0 Å². The lowest BCUT2D eigenvalue weighted by Gasteiger charge is -2.07. The largest absolute Gasteiger partial charge is 0.494 e. The van der Waals surface area contributed by atoms with E-state index in [2.05, 4.69) is 24.0 Å². The molecule has 0 aromatic heterocycles. The van der Waals surface area contributed by atoms with Gasteiger partial charge in [-0.05, 0) is 37.6 Å². The van der Waals surface area contributed by atoms with E-state index in [0.29, 0.717) is 0 Å². The fourth-order valence-electron chi connectivity index (χ4n) is 1.37. The van der Waals surface area contributed by atoms with Crippen LogP contribution in [0.3, 0.4) is 0 Å². The standard InChI is InChI=1S/C13H19NO/c1-3-4-5-9-15-13-8-6-7-12(10-13)11-14-2/h3,6-8,10,14H,1,4-5,9,11H2,2H3. The van der Waals surface area contributed by atoms with Gasteiger partial charge in [-0.1, -0.05) is 18.2 Å². The number of rotatable bonds is 7. The minimum absolute atomic E-state index is 0.759. The average molecular weight is 205 g/mol. The Hall–Kier alpha value is -1.28. The van der Waals surface area contributed by atoms with E-state index in [4.69, 9.17) is 4.74 Å². The third-order valence-electron chi connectivity index (χ3n) is 2.10. The van der Waals surface area contributed by atoms with Crippen molar-refractivity contribution < 1.29 is 4.74 Å². The van der Waals surface area contributed by atoms with Crippen molar-refractivity contribution in [3.8, 4) is 5.75 Å². The molecule has 15 heavy (non-hydrogen) atoms. The molecule has 0 atom stereocenters. The van der Waals surface area contributed by atoms with Crippen LogP contribution in [0.25, 0.3) is 0 Å². The number of hydrogen-bond donors (Lipinski definition) is 1. The molecule has 0 aliphatic heterocycles. The maximum atomic E-state index is 5.62. The van der Waals surface area contributed by atoms with Crippen LogP contribution in [0.4, 0.5) is 0 Å². The second-order valence-corrected chi connectivity index (χ2v) is 3.46. The van der Waals surface area contributed by atoms with Gasteiger partial charge in [0.25, 0.3) is 0 Å². The van der Waals surface area contributed by atoms with Gasteiger partial charge >= 0.3 is 0 Å². The van der Waals surface area contributed by atoms with E-state index in [1.54, 1.807) is 0 Å². The van der Waals surface area contributed by atoms with Gasteiger partial charge in [-0.2, -0.15) is 0 Å². The van der Waals surface area contributed by atoms with Gasteiger partial charge in [-0.15, -0.1) is 6.58 Å². The highest BCUT2D eigenvalue weighted by molar-refractivity contribution is 5.28. The Balaban J connectivity index is 2.39. The summed E-state index contributed by atoms with van der Waals surface area (Å²) >= 11 is 0. The topological polar surface area (TPSA) is 21.3 Å². The lowest BCUT2D eigenvalue weighted by Crippen LogP contribution is -2.05. The van der Waals surface area contributed by atoms with Crippen LogP contribution in [0.1, 0.15) is 18.4 Å². The van der Waals surface area contributed by atoms with E-state index in [-0.39, 0.29) is 0 Å². The van der Waals surface area contributed by atoms with E-state index in [9.17, 15) is 0 Å². The zero-order valence-electron chi connectivity index (χ0n) is 9.33. The zero-order valence-corrected chi connectivity index (χ0v) is 9.33. The molecule has 0 unspecified atom stereocenters. The third kappa shape index (κ3) is 4.66. The monoisotopic (exact) mass is 205 g/mol. The molecule has 1 aromatic rings. The summed E-state index contributed by atoms with van der Waals surface area (Å²) in [5, 5.41) is 3.12. The maximum Gasteiger partial charge on any atom is 0.119 e. The van der Waals surface area contributed by atoms with Crippen molar-refractivity contribution >= 4 is 0 Å². The molecule has 0 heterocycles. The Morgan fingerprint density at radius 1 is 1.47 bits per heavy atom. The van der Waals surface area contributed by atoms with Gasteiger partial charge in [0.2, 0.25) is 0 Å². The molecule has 2 heteroatoms. The first-order valence-corrected chi connectivity index (χ1v) is 5.34. The quantitative estimate of drug-likeness (QED) is 0.546. The molecule has 0 radical (unpaired) electrons. The van der Waals surface area contributed by atoms with Crippen LogP contribution in [-0.4, -0.2) is 13.7 Å². The normalized spacial score (nSPS) is 9.93. The van der Waals surface area contributed by atoms with Crippen LogP contribution in [-0.2, 0) is 6.54 Å². The summed E-state index contributed by atoms with van der Waals surface area (Å²) in [4.78, 5) is 0. The molecular weight excluding hydrogens is 186 g/mol. The highest BCUT2D eigenvalue weighted by Crippen LogP contribution is 2.13. The second-order valence-electron chi connectivity index (χ2n) is 3.46. The van der Waals surface area contributed by atoms with Crippen LogP contribution in [0.15, 0.2) is 36.9 Å². The number of benzene rings is 1. The van der Waals surface area contributed by atoms with Crippen molar-refractivity contribution in [3.05, 3.63) is 42.5 Å². The SMILES string of the molecule is C=CCCCOc1cccc(CNC)c1. The fourth-order valence-corrected chi connectivity index (χ4v) is 1.37. The van der Waals surface area contributed by atoms with Crippen LogP contribution in [0, 0.1) is 0 Å². The van der Waals surface area contributed by atoms with Crippen LogP contribution in [0.2, 0.25) is 0 Å². The van der Waals surface area contributed by atoms with Gasteiger partial charge in [-0.3, -0.25) is 0 Å². The van der Waals surface area contributed by atoms with Gasteiger partial charge < -0.3 is 10.1 Å². The van der Waals surface area contributed by atoms with Gasteiger partial charge in [0.05, 0.1) is 6.61 Å². The van der Waals surface area contributed by atoms with Crippen molar-refractivity contribution in [2.75, 3.05) is 13.7 Å². The first-order chi connectivity index (χ1) is 7.36. The Labute approximate surface area is 92.0 Å². The molecule has 82 valence electrons. The molecule has 0 saturated heterocycles. The van der Waals surface area contributed by atoms with E-state index in [1.807, 2.05) is 25.3 Å². The van der Waals surface area contributed by atoms with Crippen molar-refractivity contribution in [2.45, 2.75) is 19.4 Å². The number of hydrogen-bond acceptors (Lipinski definition) is 2. The molecule has 2 nitrogen and oxygen atoms in total. The molecule has 0 amide bonds. The molecule has 0 aliphatic carbocycles. The Morgan fingerprint density at radius 3 is 3.07 bits per heavy atom. The van der Waals surface area contributed by atoms with Crippen molar-refractivity contribution in [1.82, 2.24) is 5.32 Å². The molecule has 0 spiro atoms. The molecule has 0 saturated carbocycles. The lowest BCUT2D eigenvalue weighted by molar-refractivity contribution is 0.312. The van der Waals surface area contributed by atoms with E-state index in [1.165, 1.54) is 5.56 Å². The summed E-state index contributed by atoms with van der Waals surface area (Å²) in [6.45, 7) is 5.32. The lowest BCUT2D eigenvalue weighted by atomic mass is 10.2. The maximum absolute atomic E-state index is 5.62. The molecule has 0 bridgehead atoms. The Bertz CT molecular complexity index is 296. The summed E-state index contributed by atoms with van der Waals surface area (Å²) < 4.78 is 5.62. The van der Waals surface area contributed by atoms with E-state index >= 15 is 0 Å². The molecule has 1 aromatic carbocycles. The average Bonchev–Trinajstić information content (AvgIpc) is 2.26. The van der Waals surface area contributed by atoms with Crippen molar-refractivity contribution in [2.24, 2.45) is 0 Å². The number of unbranched alkanes of at least 4 members (excludes halogenated alkanes) is 1. The smallest absolute Gasteiger partial charge is 0.119 e. The number of ether oxygens (including phenoxy) is 1. The van der Waals surface area contributed by atoms with Gasteiger partial charge in [0.15, 0.2) is 0 Å². The van der Waals surface area contributed by atoms with Gasteiger partial charge in [0, 0.05) is 6.54 Å². The highest BCUT2D eigenvalue weighted by Gasteiger charge is 1.95. The second kappa shape index (κ2) is 7.07. The first kappa shape index (κ1) is 11.8. The highest BCUT2D eigenvalue weighted by atomic mass is 16.5. The molecule has 0 fully saturated rings. The molecular formula is C13H19NO. The summed E-state index contributed by atoms with van der Waals surface area (Å²) in [7, 11) is 1.94. The van der Waals surface area contributed by atoms with Crippen LogP contribution in [0.5, 0.6) is 5.75 Å². The minimum atomic E-state index is 0.759. The summed E-state index contributed by atoms with van der Waals surface area (Å²) in [5.41, 5.74) is 1.25. The molecule has 1 N–H and O–H groups in total. The number of nitrogens with one attached hydrogen (secondary N) is 1. The van der Waals surface area contributed by atoms with Crippen molar-refractivity contribution in [1.29, 1.82) is 0 Å². The molecule has 1 rings (SSSR count). The predicted octanol–water partition coefficient (Wildman–Crippen LogP) is 2.75. The number of allylic oxidation sites excluding steroid dienone is 1. The minimum Gasteiger partial charge on any atom is -0.494 e. The van der Waals surface area contributed by atoms with Crippen LogP contribution >= 0.6 is 0 Å². The predicted molar refractivity (Wildman–Crippen MR) is 64.1 cm³/mol. The fraction of sp³-hybridized carbons (Fsp3) is 0.385. The third-order valence-corrected chi connectivity index (χ3v) is 2.10. The van der Waals surface area contributed by atoms with E-state index in [0.717, 1.165) is 31.7 Å². The summed E-state index contributed by atoms with van der Waals surface area (Å²) in [5.74, 6) is 0.951. The Morgan fingerprint density at radius 2 is 2.33 bits per heavy atom.